The Labute approximate surface area is 139 Å². The third kappa shape index (κ3) is 2.95. The Morgan fingerprint density at radius 3 is 2.54 bits per heavy atom. The molecule has 0 fully saturated rings. The van der Waals surface area contributed by atoms with Crippen LogP contribution in [0.15, 0.2) is 36.4 Å². The highest BCUT2D eigenvalue weighted by molar-refractivity contribution is 5.97. The summed E-state index contributed by atoms with van der Waals surface area (Å²) < 4.78 is 5.62. The summed E-state index contributed by atoms with van der Waals surface area (Å²) in [6, 6.07) is 9.20. The minimum Gasteiger partial charge on any atom is -0.491 e. The summed E-state index contributed by atoms with van der Waals surface area (Å²) in [4.78, 5) is 30.5. The van der Waals surface area contributed by atoms with E-state index in [4.69, 9.17) is 4.74 Å². The fourth-order valence-electron chi connectivity index (χ4n) is 3.00. The fourth-order valence-corrected chi connectivity index (χ4v) is 3.00. The van der Waals surface area contributed by atoms with Crippen LogP contribution in [0.25, 0.3) is 0 Å². The lowest BCUT2D eigenvalue weighted by atomic mass is 10.0. The molecule has 2 aromatic rings. The molecular formula is C18H18N2O4. The molecule has 1 atom stereocenters. The topological polar surface area (TPSA) is 79.7 Å². The Hall–Kier alpha value is -2.89. The lowest BCUT2D eigenvalue weighted by Crippen LogP contribution is -2.40. The van der Waals surface area contributed by atoms with E-state index < -0.39 is 12.0 Å². The molecule has 0 bridgehead atoms. The van der Waals surface area contributed by atoms with E-state index in [1.165, 1.54) is 4.90 Å². The van der Waals surface area contributed by atoms with E-state index >= 15 is 0 Å². The predicted octanol–water partition coefficient (Wildman–Crippen LogP) is 2.36. The largest absolute Gasteiger partial charge is 0.491 e. The summed E-state index contributed by atoms with van der Waals surface area (Å²) in [7, 11) is 0. The van der Waals surface area contributed by atoms with Crippen LogP contribution in [-0.2, 0) is 4.79 Å². The Balaban J connectivity index is 2.05. The molecule has 6 heteroatoms. The Bertz CT molecular complexity index is 783. The van der Waals surface area contributed by atoms with E-state index in [0.717, 1.165) is 11.4 Å². The summed E-state index contributed by atoms with van der Waals surface area (Å²) in [5, 5.41) is 9.72. The quantitative estimate of drug-likeness (QED) is 0.916. The van der Waals surface area contributed by atoms with Crippen molar-refractivity contribution in [1.29, 1.82) is 0 Å². The number of aryl methyl sites for hydroxylation is 2. The van der Waals surface area contributed by atoms with Crippen molar-refractivity contribution < 1.29 is 19.4 Å². The van der Waals surface area contributed by atoms with Crippen LogP contribution in [0.5, 0.6) is 5.75 Å². The van der Waals surface area contributed by atoms with Crippen molar-refractivity contribution in [2.24, 2.45) is 0 Å². The number of rotatable bonds is 2. The third-order valence-electron chi connectivity index (χ3n) is 3.94. The number of pyridine rings is 1. The van der Waals surface area contributed by atoms with Gasteiger partial charge in [-0.2, -0.15) is 0 Å². The van der Waals surface area contributed by atoms with Crippen LogP contribution in [0.1, 0.15) is 33.4 Å². The van der Waals surface area contributed by atoms with Crippen molar-refractivity contribution in [3.05, 3.63) is 58.9 Å². The maximum absolute atomic E-state index is 13.0. The monoisotopic (exact) mass is 326 g/mol. The highest BCUT2D eigenvalue weighted by atomic mass is 16.5. The number of benzene rings is 1. The van der Waals surface area contributed by atoms with Crippen LogP contribution in [-0.4, -0.2) is 40.0 Å². The van der Waals surface area contributed by atoms with Gasteiger partial charge >= 0.3 is 5.97 Å². The molecule has 124 valence electrons. The molecule has 1 aliphatic heterocycles. The molecule has 0 aliphatic carbocycles. The van der Waals surface area contributed by atoms with Crippen LogP contribution in [0, 0.1) is 13.8 Å². The molecule has 0 saturated heterocycles. The van der Waals surface area contributed by atoms with Crippen LogP contribution in [0.4, 0.5) is 0 Å². The Morgan fingerprint density at radius 2 is 1.88 bits per heavy atom. The number of ether oxygens (including phenoxy) is 1. The zero-order chi connectivity index (χ0) is 17.3. The zero-order valence-corrected chi connectivity index (χ0v) is 13.5. The number of carboxylic acids is 1. The van der Waals surface area contributed by atoms with Crippen molar-refractivity contribution in [3.63, 3.8) is 0 Å². The molecular weight excluding hydrogens is 308 g/mol. The van der Waals surface area contributed by atoms with Crippen molar-refractivity contribution in [1.82, 2.24) is 9.88 Å². The van der Waals surface area contributed by atoms with Gasteiger partial charge in [0, 0.05) is 22.5 Å². The maximum Gasteiger partial charge on any atom is 0.331 e. The average Bonchev–Trinajstić information content (AvgIpc) is 2.72. The highest BCUT2D eigenvalue weighted by Gasteiger charge is 2.35. The summed E-state index contributed by atoms with van der Waals surface area (Å²) in [6.07, 6.45) is 0. The molecule has 1 unspecified atom stereocenters. The summed E-state index contributed by atoms with van der Waals surface area (Å²) in [5.74, 6) is -0.914. The Kier molecular flexibility index (Phi) is 4.20. The van der Waals surface area contributed by atoms with E-state index in [0.29, 0.717) is 16.9 Å². The average molecular weight is 326 g/mol. The molecule has 3 rings (SSSR count). The van der Waals surface area contributed by atoms with E-state index in [1.807, 2.05) is 0 Å². The van der Waals surface area contributed by atoms with Crippen LogP contribution in [0.3, 0.4) is 0 Å². The molecule has 0 spiro atoms. The SMILES string of the molecule is Cc1cc(C(=O)N2CCOc3ccccc3C2C(=O)O)cc(C)n1. The molecule has 1 aromatic carbocycles. The highest BCUT2D eigenvalue weighted by Crippen LogP contribution is 2.33. The number of hydrogen-bond donors (Lipinski definition) is 1. The second-order valence-electron chi connectivity index (χ2n) is 5.76. The predicted molar refractivity (Wildman–Crippen MR) is 87.1 cm³/mol. The number of amides is 1. The van der Waals surface area contributed by atoms with E-state index in [-0.39, 0.29) is 19.1 Å². The summed E-state index contributed by atoms with van der Waals surface area (Å²) >= 11 is 0. The molecule has 6 nitrogen and oxygen atoms in total. The summed E-state index contributed by atoms with van der Waals surface area (Å²) in [5.41, 5.74) is 2.36. The van der Waals surface area contributed by atoms with Crippen molar-refractivity contribution in [2.45, 2.75) is 19.9 Å². The number of para-hydroxylation sites is 1. The van der Waals surface area contributed by atoms with Gasteiger partial charge in [0.1, 0.15) is 12.4 Å². The number of aromatic nitrogens is 1. The molecule has 1 aromatic heterocycles. The fraction of sp³-hybridized carbons (Fsp3) is 0.278. The van der Waals surface area contributed by atoms with Gasteiger partial charge in [-0.25, -0.2) is 4.79 Å². The zero-order valence-electron chi connectivity index (χ0n) is 13.5. The number of fused-ring (bicyclic) bond motifs is 1. The van der Waals surface area contributed by atoms with E-state index in [9.17, 15) is 14.7 Å². The number of carboxylic acid groups (broad SMARTS) is 1. The van der Waals surface area contributed by atoms with Crippen molar-refractivity contribution >= 4 is 11.9 Å². The summed E-state index contributed by atoms with van der Waals surface area (Å²) in [6.45, 7) is 4.05. The van der Waals surface area contributed by atoms with Crippen LogP contribution >= 0.6 is 0 Å². The Morgan fingerprint density at radius 1 is 1.21 bits per heavy atom. The van der Waals surface area contributed by atoms with Gasteiger partial charge in [0.25, 0.3) is 5.91 Å². The minimum absolute atomic E-state index is 0.199. The number of carbonyl (C=O) groups excluding carboxylic acids is 1. The number of carbonyl (C=O) groups is 2. The third-order valence-corrected chi connectivity index (χ3v) is 3.94. The normalized spacial score (nSPS) is 16.8. The molecule has 1 amide bonds. The second kappa shape index (κ2) is 6.31. The lowest BCUT2D eigenvalue weighted by molar-refractivity contribution is -0.142. The number of hydrogen-bond acceptors (Lipinski definition) is 4. The molecule has 2 heterocycles. The standard InChI is InChI=1S/C18H18N2O4/c1-11-9-13(10-12(2)19-11)17(21)20-7-8-24-15-6-4-3-5-14(15)16(20)18(22)23/h3-6,9-10,16H,7-8H2,1-2H3,(H,22,23). The second-order valence-corrected chi connectivity index (χ2v) is 5.76. The van der Waals surface area contributed by atoms with Gasteiger partial charge < -0.3 is 14.7 Å². The van der Waals surface area contributed by atoms with Gasteiger partial charge in [0.05, 0.1) is 6.54 Å². The molecule has 1 aliphatic rings. The first kappa shape index (κ1) is 16.0. The first-order valence-electron chi connectivity index (χ1n) is 7.68. The lowest BCUT2D eigenvalue weighted by Gasteiger charge is -2.27. The maximum atomic E-state index is 13.0. The molecule has 24 heavy (non-hydrogen) atoms. The first-order chi connectivity index (χ1) is 11.5. The van der Waals surface area contributed by atoms with Crippen molar-refractivity contribution in [2.75, 3.05) is 13.2 Å². The molecule has 1 N–H and O–H groups in total. The van der Waals surface area contributed by atoms with Crippen LogP contribution in [0.2, 0.25) is 0 Å². The van der Waals surface area contributed by atoms with Gasteiger partial charge in [-0.3, -0.25) is 9.78 Å². The number of aliphatic carboxylic acids is 1. The molecule has 0 radical (unpaired) electrons. The van der Waals surface area contributed by atoms with E-state index in [2.05, 4.69) is 4.98 Å². The number of nitrogens with zero attached hydrogens (tertiary/aromatic N) is 2. The van der Waals surface area contributed by atoms with Gasteiger partial charge in [0.2, 0.25) is 0 Å². The van der Waals surface area contributed by atoms with Crippen molar-refractivity contribution in [3.8, 4) is 5.75 Å². The van der Waals surface area contributed by atoms with Gasteiger partial charge in [-0.1, -0.05) is 18.2 Å². The van der Waals surface area contributed by atoms with E-state index in [1.54, 1.807) is 50.2 Å². The van der Waals surface area contributed by atoms with Gasteiger partial charge in [0.15, 0.2) is 6.04 Å². The van der Waals surface area contributed by atoms with Crippen LogP contribution < -0.4 is 4.74 Å². The van der Waals surface area contributed by atoms with Gasteiger partial charge in [-0.05, 0) is 32.0 Å². The van der Waals surface area contributed by atoms with Gasteiger partial charge in [-0.15, -0.1) is 0 Å². The molecule has 0 saturated carbocycles. The smallest absolute Gasteiger partial charge is 0.331 e. The first-order valence-corrected chi connectivity index (χ1v) is 7.68. The minimum atomic E-state index is -1.08.